The normalized spacial score (nSPS) is 18.6. The van der Waals surface area contributed by atoms with E-state index in [9.17, 15) is 0 Å². The van der Waals surface area contributed by atoms with Crippen molar-refractivity contribution in [2.45, 2.75) is 97.7 Å². The lowest BCUT2D eigenvalue weighted by Gasteiger charge is -2.35. The van der Waals surface area contributed by atoms with Crippen molar-refractivity contribution in [1.29, 1.82) is 0 Å². The third-order valence-electron chi connectivity index (χ3n) is 4.32. The highest BCUT2D eigenvalue weighted by Crippen LogP contribution is 2.23. The molecular formula is C18H36N2. The summed E-state index contributed by atoms with van der Waals surface area (Å²) in [6.07, 6.45) is 17.6. The molecule has 2 nitrogen and oxygen atoms in total. The summed E-state index contributed by atoms with van der Waals surface area (Å²) in [5.41, 5.74) is 0. The van der Waals surface area contributed by atoms with Crippen LogP contribution < -0.4 is 0 Å². The highest BCUT2D eigenvalue weighted by atomic mass is 15.4. The topological polar surface area (TPSA) is 6.48 Å². The molecule has 1 aliphatic rings. The number of nitrogens with zero attached hydrogens (tertiary/aromatic N) is 2. The first-order chi connectivity index (χ1) is 9.70. The van der Waals surface area contributed by atoms with E-state index < -0.39 is 0 Å². The standard InChI is InChI=1S/C18H36N2/c1-5-7-8-9-10-11-12-14-19-15-16-20(17(3)4)18(19)13-6-2/h15-18H,5-14H2,1-4H3. The van der Waals surface area contributed by atoms with E-state index in [1.54, 1.807) is 0 Å². The molecule has 1 aliphatic heterocycles. The molecule has 0 N–H and O–H groups in total. The number of hydrogen-bond acceptors (Lipinski definition) is 2. The number of unbranched alkanes of at least 4 members (excludes halogenated alkanes) is 6. The van der Waals surface area contributed by atoms with Crippen LogP contribution >= 0.6 is 0 Å². The fraction of sp³-hybridized carbons (Fsp3) is 0.889. The van der Waals surface area contributed by atoms with E-state index in [1.165, 1.54) is 64.3 Å². The smallest absolute Gasteiger partial charge is 0.101 e. The molecule has 0 spiro atoms. The summed E-state index contributed by atoms with van der Waals surface area (Å²) in [6.45, 7) is 10.4. The lowest BCUT2D eigenvalue weighted by atomic mass is 10.1. The van der Waals surface area contributed by atoms with Crippen LogP contribution in [0.15, 0.2) is 12.4 Å². The minimum atomic E-state index is 0.611. The maximum atomic E-state index is 2.57. The Morgan fingerprint density at radius 2 is 1.50 bits per heavy atom. The molecule has 0 saturated carbocycles. The van der Waals surface area contributed by atoms with Gasteiger partial charge in [0.2, 0.25) is 0 Å². The molecular weight excluding hydrogens is 244 g/mol. The van der Waals surface area contributed by atoms with Crippen LogP contribution in [-0.2, 0) is 0 Å². The Bertz CT molecular complexity index is 260. The van der Waals surface area contributed by atoms with Gasteiger partial charge >= 0.3 is 0 Å². The van der Waals surface area contributed by atoms with Crippen LogP contribution in [0.5, 0.6) is 0 Å². The SMILES string of the molecule is CCCCCCCCCN1C=CN(C(C)C)C1CCC. The van der Waals surface area contributed by atoms with E-state index in [2.05, 4.69) is 49.9 Å². The van der Waals surface area contributed by atoms with Crippen LogP contribution in [0.2, 0.25) is 0 Å². The maximum Gasteiger partial charge on any atom is 0.101 e. The largest absolute Gasteiger partial charge is 0.356 e. The zero-order valence-electron chi connectivity index (χ0n) is 14.3. The molecule has 0 radical (unpaired) electrons. The van der Waals surface area contributed by atoms with Gasteiger partial charge in [-0.25, -0.2) is 0 Å². The van der Waals surface area contributed by atoms with Crippen LogP contribution in [-0.4, -0.2) is 28.6 Å². The summed E-state index contributed by atoms with van der Waals surface area (Å²) in [6, 6.07) is 0.613. The summed E-state index contributed by atoms with van der Waals surface area (Å²) in [7, 11) is 0. The van der Waals surface area contributed by atoms with Crippen molar-refractivity contribution in [3.63, 3.8) is 0 Å². The molecule has 2 heteroatoms. The Labute approximate surface area is 127 Å². The average molecular weight is 281 g/mol. The van der Waals surface area contributed by atoms with Crippen LogP contribution in [0, 0.1) is 0 Å². The van der Waals surface area contributed by atoms with Gasteiger partial charge in [0, 0.05) is 25.0 Å². The molecule has 0 aromatic carbocycles. The molecule has 1 heterocycles. The van der Waals surface area contributed by atoms with Crippen molar-refractivity contribution in [2.24, 2.45) is 0 Å². The van der Waals surface area contributed by atoms with Crippen LogP contribution in [0.25, 0.3) is 0 Å². The van der Waals surface area contributed by atoms with Gasteiger partial charge in [0.1, 0.15) is 6.17 Å². The third kappa shape index (κ3) is 5.76. The van der Waals surface area contributed by atoms with Crippen molar-refractivity contribution >= 4 is 0 Å². The van der Waals surface area contributed by atoms with E-state index in [4.69, 9.17) is 0 Å². The fourth-order valence-electron chi connectivity index (χ4n) is 3.10. The van der Waals surface area contributed by atoms with Gasteiger partial charge in [-0.1, -0.05) is 58.8 Å². The van der Waals surface area contributed by atoms with Gasteiger partial charge in [-0.05, 0) is 26.7 Å². The predicted octanol–water partition coefficient (Wildman–Crippen LogP) is 5.36. The lowest BCUT2D eigenvalue weighted by molar-refractivity contribution is 0.116. The molecule has 1 rings (SSSR count). The Kier molecular flexibility index (Phi) is 8.80. The molecule has 1 atom stereocenters. The highest BCUT2D eigenvalue weighted by Gasteiger charge is 2.26. The van der Waals surface area contributed by atoms with E-state index in [0.29, 0.717) is 12.2 Å². The Balaban J connectivity index is 2.20. The minimum Gasteiger partial charge on any atom is -0.356 e. The van der Waals surface area contributed by atoms with Gasteiger partial charge in [0.15, 0.2) is 0 Å². The molecule has 0 fully saturated rings. The van der Waals surface area contributed by atoms with E-state index in [0.717, 1.165) is 0 Å². The molecule has 0 amide bonds. The van der Waals surface area contributed by atoms with E-state index in [1.807, 2.05) is 0 Å². The Morgan fingerprint density at radius 1 is 0.850 bits per heavy atom. The first kappa shape index (κ1) is 17.4. The molecule has 0 aromatic heterocycles. The average Bonchev–Trinajstić information content (AvgIpc) is 2.81. The van der Waals surface area contributed by atoms with Crippen LogP contribution in [0.1, 0.15) is 85.5 Å². The zero-order chi connectivity index (χ0) is 14.8. The summed E-state index contributed by atoms with van der Waals surface area (Å²) in [4.78, 5) is 5.08. The molecule has 0 aromatic rings. The third-order valence-corrected chi connectivity index (χ3v) is 4.32. The van der Waals surface area contributed by atoms with Gasteiger partial charge in [-0.2, -0.15) is 0 Å². The van der Waals surface area contributed by atoms with Crippen molar-refractivity contribution in [1.82, 2.24) is 9.80 Å². The number of hydrogen-bond donors (Lipinski definition) is 0. The van der Waals surface area contributed by atoms with Crippen LogP contribution in [0.3, 0.4) is 0 Å². The Morgan fingerprint density at radius 3 is 2.10 bits per heavy atom. The van der Waals surface area contributed by atoms with Gasteiger partial charge < -0.3 is 9.80 Å². The van der Waals surface area contributed by atoms with Crippen LogP contribution in [0.4, 0.5) is 0 Å². The predicted molar refractivity (Wildman–Crippen MR) is 89.5 cm³/mol. The highest BCUT2D eigenvalue weighted by molar-refractivity contribution is 4.98. The fourth-order valence-corrected chi connectivity index (χ4v) is 3.10. The maximum absolute atomic E-state index is 2.57. The minimum absolute atomic E-state index is 0.611. The molecule has 1 unspecified atom stereocenters. The van der Waals surface area contributed by atoms with Crippen molar-refractivity contribution in [3.05, 3.63) is 12.4 Å². The van der Waals surface area contributed by atoms with Crippen molar-refractivity contribution in [2.75, 3.05) is 6.54 Å². The first-order valence-corrected chi connectivity index (χ1v) is 8.92. The van der Waals surface area contributed by atoms with Gasteiger partial charge in [0.25, 0.3) is 0 Å². The molecule has 0 saturated heterocycles. The lowest BCUT2D eigenvalue weighted by Crippen LogP contribution is -2.42. The molecule has 0 aliphatic carbocycles. The van der Waals surface area contributed by atoms with E-state index in [-0.39, 0.29) is 0 Å². The second-order valence-electron chi connectivity index (χ2n) is 6.47. The summed E-state index contributed by atoms with van der Waals surface area (Å²) in [5.74, 6) is 0. The zero-order valence-corrected chi connectivity index (χ0v) is 14.3. The Hall–Kier alpha value is -0.660. The van der Waals surface area contributed by atoms with Crippen molar-refractivity contribution in [3.8, 4) is 0 Å². The quantitative estimate of drug-likeness (QED) is 0.470. The second-order valence-corrected chi connectivity index (χ2v) is 6.47. The molecule has 20 heavy (non-hydrogen) atoms. The number of rotatable bonds is 11. The summed E-state index contributed by atoms with van der Waals surface area (Å²) < 4.78 is 0. The summed E-state index contributed by atoms with van der Waals surface area (Å²) in [5, 5.41) is 0. The van der Waals surface area contributed by atoms with Gasteiger partial charge in [0.05, 0.1) is 0 Å². The van der Waals surface area contributed by atoms with Crippen molar-refractivity contribution < 1.29 is 0 Å². The second kappa shape index (κ2) is 10.1. The molecule has 118 valence electrons. The summed E-state index contributed by atoms with van der Waals surface area (Å²) >= 11 is 0. The monoisotopic (exact) mass is 280 g/mol. The van der Waals surface area contributed by atoms with Gasteiger partial charge in [-0.15, -0.1) is 0 Å². The molecule has 0 bridgehead atoms. The van der Waals surface area contributed by atoms with Gasteiger partial charge in [-0.3, -0.25) is 0 Å². The van der Waals surface area contributed by atoms with E-state index >= 15 is 0 Å². The first-order valence-electron chi connectivity index (χ1n) is 8.92.